The molecule has 5 heterocycles. The Morgan fingerprint density at radius 1 is 0.936 bits per heavy atom. The molecule has 4 fully saturated rings. The molecule has 2 aliphatic carbocycles. The minimum absolute atomic E-state index is 0.0405. The molecule has 11 rings (SSSR count). The maximum Gasteiger partial charge on any atom is 0.586 e. The summed E-state index contributed by atoms with van der Waals surface area (Å²) in [6.45, 7) is 11.5. The Balaban J connectivity index is 0.799. The van der Waals surface area contributed by atoms with E-state index in [2.05, 4.69) is 85.0 Å². The third-order valence-electron chi connectivity index (χ3n) is 17.0. The van der Waals surface area contributed by atoms with Crippen molar-refractivity contribution >= 4 is 38.1 Å². The fourth-order valence-corrected chi connectivity index (χ4v) is 13.7. The second-order valence-electron chi connectivity index (χ2n) is 22.6. The number of methoxy groups -OCH3 is 1. The normalized spacial score (nSPS) is 22.4. The lowest BCUT2D eigenvalue weighted by Crippen LogP contribution is -2.60. The summed E-state index contributed by atoms with van der Waals surface area (Å²) in [5, 5.41) is 26.6. The second-order valence-corrected chi connectivity index (χ2v) is 24.4. The van der Waals surface area contributed by atoms with Crippen LogP contribution in [0.5, 0.6) is 28.7 Å². The van der Waals surface area contributed by atoms with Gasteiger partial charge in [0.15, 0.2) is 11.4 Å². The van der Waals surface area contributed by atoms with E-state index in [-0.39, 0.29) is 30.5 Å². The predicted octanol–water partition coefficient (Wildman–Crippen LogP) is 10.9. The molecule has 0 amide bonds. The summed E-state index contributed by atoms with van der Waals surface area (Å²) in [4.78, 5) is 26.1. The van der Waals surface area contributed by atoms with Crippen LogP contribution in [0.3, 0.4) is 0 Å². The highest BCUT2D eigenvalue weighted by Crippen LogP contribution is 2.55. The van der Waals surface area contributed by atoms with Crippen molar-refractivity contribution in [2.45, 2.75) is 120 Å². The number of H-pyrrole nitrogens is 1. The molecule has 0 unspecified atom stereocenters. The first-order chi connectivity index (χ1) is 37.3. The molecule has 2 saturated heterocycles. The van der Waals surface area contributed by atoms with Crippen LogP contribution in [0.4, 0.5) is 25.8 Å². The van der Waals surface area contributed by atoms with Crippen LogP contribution < -0.4 is 33.9 Å². The Morgan fingerprint density at radius 3 is 2.41 bits per heavy atom. The number of piperidine rings is 1. The van der Waals surface area contributed by atoms with Crippen molar-refractivity contribution in [1.29, 1.82) is 0 Å². The number of sulfonamides is 1. The van der Waals surface area contributed by atoms with Gasteiger partial charge in [-0.05, 0) is 123 Å². The average Bonchev–Trinajstić information content (AvgIpc) is 4.13. The van der Waals surface area contributed by atoms with Gasteiger partial charge in [-0.25, -0.2) is 18.1 Å². The monoisotopic (exact) mass is 1090 g/mol. The first-order valence-electron chi connectivity index (χ1n) is 27.1. The largest absolute Gasteiger partial charge is 0.586 e. The van der Waals surface area contributed by atoms with Crippen LogP contribution in [-0.4, -0.2) is 103 Å². The van der Waals surface area contributed by atoms with E-state index in [1.165, 1.54) is 16.7 Å². The predicted molar refractivity (Wildman–Crippen MR) is 292 cm³/mol. The first-order valence-corrected chi connectivity index (χ1v) is 28.6. The number of nitro benzene ring substituents is 1. The lowest BCUT2D eigenvalue weighted by molar-refractivity contribution is -0.384. The van der Waals surface area contributed by atoms with Crippen LogP contribution >= 0.6 is 0 Å². The van der Waals surface area contributed by atoms with E-state index in [1.807, 2.05) is 36.4 Å². The van der Waals surface area contributed by atoms with Gasteiger partial charge in [-0.3, -0.25) is 19.9 Å². The molecule has 414 valence electrons. The van der Waals surface area contributed by atoms with Crippen molar-refractivity contribution in [3.05, 3.63) is 130 Å². The third kappa shape index (κ3) is 11.2. The van der Waals surface area contributed by atoms with E-state index < -0.39 is 54.6 Å². The molecule has 20 heteroatoms. The maximum atomic E-state index is 14.9. The Morgan fingerprint density at radius 2 is 1.68 bits per heavy atom. The second kappa shape index (κ2) is 21.2. The number of pyridine rings is 1. The van der Waals surface area contributed by atoms with E-state index in [0.717, 1.165) is 81.8 Å². The van der Waals surface area contributed by atoms with Gasteiger partial charge in [0.1, 0.15) is 27.8 Å². The highest BCUT2D eigenvalue weighted by molar-refractivity contribution is 7.89. The van der Waals surface area contributed by atoms with Crippen LogP contribution in [0.1, 0.15) is 106 Å². The standard InChI is InChI=1S/C58H68F2N8O9S/c1-37(2)46-7-5-6-8-47(46)49-36-65(35-39-9-13-44(74-4)14-10-39)25-26-67(49)43-30-57(31-43)20-23-66(24-21-57)42-12-11-41(50(28-42)75-45-27-40-17-22-61-55(40)63-34-45)33-64-78(72,73)51-29-48(68(70)71)52(54-53(51)76-58(59,60)77-54)62-32-38-15-18-56(3,69)19-16-38/h5-14,17,22,27-29,34,37-38,43,49,62,64,69H,15-16,18-21,23-26,30-33,35-36H2,1-4H3,(H,61,63)/t38?,49-,56?/m0/s1. The van der Waals surface area contributed by atoms with Crippen LogP contribution in [0.2, 0.25) is 0 Å². The zero-order chi connectivity index (χ0) is 54.6. The van der Waals surface area contributed by atoms with Crippen LogP contribution in [-0.2, 0) is 23.1 Å². The van der Waals surface area contributed by atoms with Crippen molar-refractivity contribution in [2.75, 3.05) is 56.6 Å². The van der Waals surface area contributed by atoms with Gasteiger partial charge in [-0.2, -0.15) is 0 Å². The molecule has 6 aromatic rings. The van der Waals surface area contributed by atoms with Crippen molar-refractivity contribution in [3.8, 4) is 28.7 Å². The van der Waals surface area contributed by atoms with E-state index in [1.54, 1.807) is 32.5 Å². The number of alkyl halides is 2. The number of hydrogen-bond acceptors (Lipinski definition) is 14. The van der Waals surface area contributed by atoms with E-state index in [4.69, 9.17) is 18.9 Å². The quantitative estimate of drug-likeness (QED) is 0.0497. The average molecular weight is 1090 g/mol. The van der Waals surface area contributed by atoms with Gasteiger partial charge in [-0.15, -0.1) is 8.78 Å². The van der Waals surface area contributed by atoms with Crippen LogP contribution in [0.15, 0.2) is 102 Å². The molecule has 1 spiro atoms. The van der Waals surface area contributed by atoms with Gasteiger partial charge in [0.2, 0.25) is 15.8 Å². The minimum Gasteiger partial charge on any atom is -0.497 e. The van der Waals surface area contributed by atoms with Gasteiger partial charge in [0.05, 0.1) is 23.8 Å². The van der Waals surface area contributed by atoms with Crippen LogP contribution in [0.25, 0.3) is 11.0 Å². The molecule has 1 atom stereocenters. The van der Waals surface area contributed by atoms with E-state index in [0.29, 0.717) is 66.4 Å². The number of benzene rings is 4. The number of nitro groups is 1. The number of aliphatic hydroxyl groups is 1. The molecule has 78 heavy (non-hydrogen) atoms. The summed E-state index contributed by atoms with van der Waals surface area (Å²) in [7, 11) is -3.11. The molecule has 2 saturated carbocycles. The number of nitrogens with zero attached hydrogens (tertiary/aromatic N) is 5. The number of rotatable bonds is 17. The molecule has 3 aliphatic heterocycles. The number of ether oxygens (including phenoxy) is 4. The number of halogens is 2. The SMILES string of the molecule is COc1ccc(CN2CCN(C3CC4(CCN(c5ccc(CNS(=O)(=O)c6cc([N+](=O)[O-])c(NCC7CCC(C)(O)CC7)c7c6OC(F)(F)O7)c(Oc6cnc7[nH]ccc7c6)c5)CC4)C3)[C@H](c3ccccc3C(C)C)C2)cc1. The fraction of sp³-hybridized carbons (Fsp3) is 0.466. The van der Waals surface area contributed by atoms with Crippen molar-refractivity contribution in [1.82, 2.24) is 24.5 Å². The van der Waals surface area contributed by atoms with Crippen LogP contribution in [0, 0.1) is 21.4 Å². The highest BCUT2D eigenvalue weighted by Gasteiger charge is 2.51. The summed E-state index contributed by atoms with van der Waals surface area (Å²) in [6, 6.07) is 28.1. The molecule has 4 N–H and O–H groups in total. The fourth-order valence-electron chi connectivity index (χ4n) is 12.5. The molecule has 5 aliphatic rings. The Labute approximate surface area is 453 Å². The summed E-state index contributed by atoms with van der Waals surface area (Å²) in [5.74, 6) is 0.321. The van der Waals surface area contributed by atoms with Gasteiger partial charge >= 0.3 is 6.29 Å². The smallest absolute Gasteiger partial charge is 0.497 e. The number of anilines is 2. The number of piperazine rings is 1. The Hall–Kier alpha value is -6.58. The molecule has 0 bridgehead atoms. The molecular weight excluding hydrogens is 1020 g/mol. The molecule has 0 radical (unpaired) electrons. The number of aromatic nitrogens is 2. The lowest BCUT2D eigenvalue weighted by Gasteiger charge is -2.58. The number of nitrogens with one attached hydrogen (secondary N) is 3. The zero-order valence-electron chi connectivity index (χ0n) is 44.5. The number of aromatic amines is 1. The number of hydrogen-bond donors (Lipinski definition) is 4. The zero-order valence-corrected chi connectivity index (χ0v) is 45.3. The lowest BCUT2D eigenvalue weighted by atomic mass is 9.59. The summed E-state index contributed by atoms with van der Waals surface area (Å²) in [6.07, 6.45) is 5.49. The highest BCUT2D eigenvalue weighted by atomic mass is 32.2. The molecule has 4 aromatic carbocycles. The summed E-state index contributed by atoms with van der Waals surface area (Å²) in [5.41, 5.74) is 4.24. The number of fused-ring (bicyclic) bond motifs is 2. The molecule has 2 aromatic heterocycles. The first kappa shape index (κ1) is 53.4. The maximum absolute atomic E-state index is 14.9. The topological polar surface area (TPSA) is 197 Å². The van der Waals surface area contributed by atoms with Gasteiger partial charge in [0, 0.05) is 99.4 Å². The van der Waals surface area contributed by atoms with Gasteiger partial charge < -0.3 is 39.3 Å². The van der Waals surface area contributed by atoms with E-state index >= 15 is 0 Å². The summed E-state index contributed by atoms with van der Waals surface area (Å²) >= 11 is 0. The molecule has 17 nitrogen and oxygen atoms in total. The third-order valence-corrected chi connectivity index (χ3v) is 18.4. The van der Waals surface area contributed by atoms with E-state index in [9.17, 15) is 32.4 Å². The van der Waals surface area contributed by atoms with Crippen molar-refractivity contribution in [3.63, 3.8) is 0 Å². The van der Waals surface area contributed by atoms with Gasteiger partial charge in [0.25, 0.3) is 5.69 Å². The Kier molecular flexibility index (Phi) is 14.5. The molecular formula is C58H68F2N8O9S. The Bertz CT molecular complexity index is 3280. The minimum atomic E-state index is -4.80. The van der Waals surface area contributed by atoms with Gasteiger partial charge in [-0.1, -0.05) is 56.3 Å². The summed E-state index contributed by atoms with van der Waals surface area (Å²) < 4.78 is 82.3. The van der Waals surface area contributed by atoms with Crippen molar-refractivity contribution in [2.24, 2.45) is 11.3 Å². The van der Waals surface area contributed by atoms with Crippen molar-refractivity contribution < 1.29 is 46.2 Å².